The Balaban J connectivity index is 1.59. The molecular weight excluding hydrogens is 207 g/mol. The van der Waals surface area contributed by atoms with Gasteiger partial charge in [-0.1, -0.05) is 0 Å². The molecule has 3 atom stereocenters. The van der Waals surface area contributed by atoms with Crippen molar-refractivity contribution in [3.63, 3.8) is 0 Å². The molecule has 86 valence electrons. The van der Waals surface area contributed by atoms with E-state index in [1.54, 1.807) is 12.1 Å². The summed E-state index contributed by atoms with van der Waals surface area (Å²) in [5.41, 5.74) is 0. The van der Waals surface area contributed by atoms with Crippen LogP contribution in [0.5, 0.6) is 5.75 Å². The summed E-state index contributed by atoms with van der Waals surface area (Å²) in [6.45, 7) is 0.562. The number of nitrogens with zero attached hydrogens (tertiary/aromatic N) is 2. The average Bonchev–Trinajstić information content (AvgIpc) is 2.98. The van der Waals surface area contributed by atoms with Crippen molar-refractivity contribution in [1.82, 2.24) is 9.88 Å². The van der Waals surface area contributed by atoms with Crippen LogP contribution in [0.4, 0.5) is 4.39 Å². The van der Waals surface area contributed by atoms with Gasteiger partial charge in [0, 0.05) is 18.3 Å². The lowest BCUT2D eigenvalue weighted by Crippen LogP contribution is -2.33. The zero-order valence-electron chi connectivity index (χ0n) is 9.27. The van der Waals surface area contributed by atoms with Crippen LogP contribution >= 0.6 is 0 Å². The van der Waals surface area contributed by atoms with Crippen molar-refractivity contribution in [3.8, 4) is 5.75 Å². The van der Waals surface area contributed by atoms with E-state index >= 15 is 0 Å². The Morgan fingerprint density at radius 2 is 2.44 bits per heavy atom. The van der Waals surface area contributed by atoms with Crippen LogP contribution in [0.25, 0.3) is 0 Å². The van der Waals surface area contributed by atoms with Crippen LogP contribution in [0, 0.1) is 11.9 Å². The Hall–Kier alpha value is -1.16. The summed E-state index contributed by atoms with van der Waals surface area (Å²) in [5.74, 6) is 0.599. The van der Waals surface area contributed by atoms with Crippen molar-refractivity contribution < 1.29 is 9.13 Å². The summed E-state index contributed by atoms with van der Waals surface area (Å²) in [4.78, 5) is 5.92. The number of ether oxygens (including phenoxy) is 1. The van der Waals surface area contributed by atoms with E-state index in [9.17, 15) is 4.39 Å². The van der Waals surface area contributed by atoms with E-state index in [4.69, 9.17) is 4.74 Å². The predicted molar refractivity (Wildman–Crippen MR) is 57.8 cm³/mol. The molecule has 1 aliphatic heterocycles. The maximum Gasteiger partial charge on any atom is 0.255 e. The summed E-state index contributed by atoms with van der Waals surface area (Å²) >= 11 is 0. The monoisotopic (exact) mass is 222 g/mol. The van der Waals surface area contributed by atoms with Gasteiger partial charge in [0.05, 0.1) is 0 Å². The van der Waals surface area contributed by atoms with Crippen LogP contribution < -0.4 is 4.74 Å². The smallest absolute Gasteiger partial charge is 0.255 e. The van der Waals surface area contributed by atoms with Crippen LogP contribution in [0.2, 0.25) is 0 Å². The maximum absolute atomic E-state index is 13.2. The van der Waals surface area contributed by atoms with Crippen molar-refractivity contribution in [3.05, 3.63) is 24.3 Å². The largest absolute Gasteiger partial charge is 0.487 e. The number of piperidine rings is 1. The van der Waals surface area contributed by atoms with Crippen LogP contribution in [0.15, 0.2) is 18.3 Å². The van der Waals surface area contributed by atoms with Crippen LogP contribution in [-0.4, -0.2) is 35.6 Å². The van der Waals surface area contributed by atoms with E-state index in [0.29, 0.717) is 12.6 Å². The Morgan fingerprint density at radius 1 is 1.56 bits per heavy atom. The molecule has 3 rings (SSSR count). The molecule has 0 bridgehead atoms. The zero-order chi connectivity index (χ0) is 11.1. The number of fused-ring (bicyclic) bond motifs is 1. The number of rotatable bonds is 3. The minimum absolute atomic E-state index is 0.261. The fourth-order valence-electron chi connectivity index (χ4n) is 2.62. The first-order valence-corrected chi connectivity index (χ1v) is 5.71. The molecule has 1 aromatic rings. The molecule has 0 amide bonds. The average molecular weight is 222 g/mol. The third-order valence-corrected chi connectivity index (χ3v) is 3.72. The van der Waals surface area contributed by atoms with Gasteiger partial charge in [-0.2, -0.15) is 4.39 Å². The Morgan fingerprint density at radius 3 is 3.12 bits per heavy atom. The van der Waals surface area contributed by atoms with Gasteiger partial charge in [0.2, 0.25) is 0 Å². The number of pyridine rings is 1. The minimum atomic E-state index is -0.520. The van der Waals surface area contributed by atoms with Gasteiger partial charge in [-0.05, 0) is 37.9 Å². The molecule has 1 saturated carbocycles. The van der Waals surface area contributed by atoms with Crippen molar-refractivity contribution >= 4 is 0 Å². The number of likely N-dealkylation sites (N-methyl/N-ethyl adjacent to an activating group) is 1. The van der Waals surface area contributed by atoms with E-state index in [0.717, 1.165) is 12.0 Å². The SMILES string of the molecule is CN1[C@H](COc2cccnc2F)C[C@H]2C[C@H]21. The Labute approximate surface area is 94.2 Å². The first-order valence-electron chi connectivity index (χ1n) is 5.71. The molecule has 2 aliphatic rings. The highest BCUT2D eigenvalue weighted by Gasteiger charge is 2.50. The van der Waals surface area contributed by atoms with Crippen molar-refractivity contribution in [2.45, 2.75) is 24.9 Å². The predicted octanol–water partition coefficient (Wildman–Crippen LogP) is 1.69. The number of halogens is 1. The van der Waals surface area contributed by atoms with Crippen LogP contribution in [0.3, 0.4) is 0 Å². The first-order chi connectivity index (χ1) is 7.75. The topological polar surface area (TPSA) is 25.4 Å². The molecule has 0 spiro atoms. The molecule has 1 saturated heterocycles. The van der Waals surface area contributed by atoms with E-state index in [1.165, 1.54) is 19.0 Å². The summed E-state index contributed by atoms with van der Waals surface area (Å²) in [7, 11) is 2.13. The number of hydrogen-bond acceptors (Lipinski definition) is 3. The Bertz CT molecular complexity index is 398. The molecule has 0 N–H and O–H groups in total. The second-order valence-corrected chi connectivity index (χ2v) is 4.72. The fourth-order valence-corrected chi connectivity index (χ4v) is 2.62. The number of likely N-dealkylation sites (tertiary alicyclic amines) is 1. The minimum Gasteiger partial charge on any atom is -0.487 e. The van der Waals surface area contributed by atoms with Gasteiger partial charge in [-0.15, -0.1) is 0 Å². The summed E-state index contributed by atoms with van der Waals surface area (Å²) in [6, 6.07) is 4.50. The quantitative estimate of drug-likeness (QED) is 0.728. The third kappa shape index (κ3) is 1.67. The molecular formula is C12H15FN2O. The van der Waals surface area contributed by atoms with Gasteiger partial charge in [-0.25, -0.2) is 4.98 Å². The molecule has 1 aliphatic carbocycles. The first kappa shape index (κ1) is 10.0. The highest BCUT2D eigenvalue weighted by atomic mass is 19.1. The summed E-state index contributed by atoms with van der Waals surface area (Å²) < 4.78 is 18.7. The number of aromatic nitrogens is 1. The Kier molecular flexibility index (Phi) is 2.32. The van der Waals surface area contributed by atoms with Gasteiger partial charge in [-0.3, -0.25) is 4.90 Å². The van der Waals surface area contributed by atoms with E-state index in [1.807, 2.05) is 0 Å². The normalized spacial score (nSPS) is 32.5. The molecule has 2 heterocycles. The van der Waals surface area contributed by atoms with Crippen LogP contribution in [0.1, 0.15) is 12.8 Å². The zero-order valence-corrected chi connectivity index (χ0v) is 9.27. The second kappa shape index (κ2) is 3.70. The van der Waals surface area contributed by atoms with Crippen molar-refractivity contribution in [2.75, 3.05) is 13.7 Å². The van der Waals surface area contributed by atoms with Crippen molar-refractivity contribution in [1.29, 1.82) is 0 Å². The molecule has 0 aromatic carbocycles. The fraction of sp³-hybridized carbons (Fsp3) is 0.583. The van der Waals surface area contributed by atoms with Crippen molar-refractivity contribution in [2.24, 2.45) is 5.92 Å². The highest BCUT2D eigenvalue weighted by molar-refractivity contribution is 5.18. The van der Waals surface area contributed by atoms with Gasteiger partial charge in [0.15, 0.2) is 5.75 Å². The lowest BCUT2D eigenvalue weighted by atomic mass is 10.2. The molecule has 16 heavy (non-hydrogen) atoms. The van der Waals surface area contributed by atoms with Gasteiger partial charge < -0.3 is 4.74 Å². The summed E-state index contributed by atoms with van der Waals surface area (Å²) in [5, 5.41) is 0. The number of hydrogen-bond donors (Lipinski definition) is 0. The third-order valence-electron chi connectivity index (χ3n) is 3.72. The van der Waals surface area contributed by atoms with Gasteiger partial charge >= 0.3 is 0 Å². The molecule has 2 fully saturated rings. The van der Waals surface area contributed by atoms with Gasteiger partial charge in [0.25, 0.3) is 5.95 Å². The van der Waals surface area contributed by atoms with E-state index < -0.39 is 5.95 Å². The lowest BCUT2D eigenvalue weighted by Gasteiger charge is -2.22. The lowest BCUT2D eigenvalue weighted by molar-refractivity contribution is 0.171. The van der Waals surface area contributed by atoms with E-state index in [2.05, 4.69) is 16.9 Å². The standard InChI is InChI=1S/C12H15FN2O/c1-15-9(5-8-6-10(8)15)7-16-11-3-2-4-14-12(11)13/h2-4,8-10H,5-7H2,1H3/t8-,9-,10+/m0/s1. The molecule has 3 nitrogen and oxygen atoms in total. The van der Waals surface area contributed by atoms with Gasteiger partial charge in [0.1, 0.15) is 6.61 Å². The second-order valence-electron chi connectivity index (χ2n) is 4.72. The molecule has 1 aromatic heterocycles. The molecule has 0 unspecified atom stereocenters. The summed E-state index contributed by atoms with van der Waals surface area (Å²) in [6.07, 6.45) is 3.94. The molecule has 4 heteroatoms. The highest BCUT2D eigenvalue weighted by Crippen LogP contribution is 2.46. The van der Waals surface area contributed by atoms with E-state index in [-0.39, 0.29) is 5.75 Å². The maximum atomic E-state index is 13.2. The van der Waals surface area contributed by atoms with Crippen LogP contribution in [-0.2, 0) is 0 Å². The molecule has 0 radical (unpaired) electrons.